The van der Waals surface area contributed by atoms with Gasteiger partial charge in [-0.1, -0.05) is 0 Å². The highest BCUT2D eigenvalue weighted by molar-refractivity contribution is 5.85. The monoisotopic (exact) mass is 270 g/mol. The zero-order valence-corrected chi connectivity index (χ0v) is 11.3. The van der Waals surface area contributed by atoms with Gasteiger partial charge in [0, 0.05) is 12.4 Å². The molecular formula is C14H14N4O2. The molecule has 0 aliphatic heterocycles. The second-order valence-electron chi connectivity index (χ2n) is 4.87. The van der Waals surface area contributed by atoms with Crippen LogP contribution in [0, 0.1) is 41.4 Å². The zero-order chi connectivity index (χ0) is 14.8. The van der Waals surface area contributed by atoms with Gasteiger partial charge in [-0.2, -0.15) is 10.5 Å². The fourth-order valence-corrected chi connectivity index (χ4v) is 2.58. The normalized spacial score (nSPS) is 16.9. The molecule has 1 fully saturated rings. The molecule has 0 saturated heterocycles. The van der Waals surface area contributed by atoms with Crippen LogP contribution in [-0.2, 0) is 14.9 Å². The zero-order valence-electron chi connectivity index (χ0n) is 11.3. The molecule has 0 radical (unpaired) electrons. The minimum atomic E-state index is -1.34. The minimum Gasteiger partial charge on any atom is -0.468 e. The van der Waals surface area contributed by atoms with Crippen LogP contribution in [0.5, 0.6) is 0 Å². The Morgan fingerprint density at radius 1 is 1.45 bits per heavy atom. The van der Waals surface area contributed by atoms with E-state index in [1.54, 1.807) is 13.1 Å². The topological polar surface area (TPSA) is 99.7 Å². The number of hydrogen-bond acceptors (Lipinski definition) is 6. The Bertz CT molecular complexity index is 598. The van der Waals surface area contributed by atoms with Crippen molar-refractivity contribution in [1.82, 2.24) is 9.97 Å². The summed E-state index contributed by atoms with van der Waals surface area (Å²) in [5.41, 5.74) is -0.358. The van der Waals surface area contributed by atoms with Crippen molar-refractivity contribution in [3.8, 4) is 12.1 Å². The van der Waals surface area contributed by atoms with Crippen LogP contribution in [0.4, 0.5) is 0 Å². The molecule has 0 unspecified atom stereocenters. The lowest BCUT2D eigenvalue weighted by molar-refractivity contribution is -0.149. The lowest BCUT2D eigenvalue weighted by Gasteiger charge is -2.31. The average molecular weight is 270 g/mol. The summed E-state index contributed by atoms with van der Waals surface area (Å²) in [5, 5.41) is 18.6. The molecule has 1 aliphatic carbocycles. The van der Waals surface area contributed by atoms with Crippen molar-refractivity contribution in [2.75, 3.05) is 7.11 Å². The lowest BCUT2D eigenvalue weighted by atomic mass is 9.70. The molecule has 1 aliphatic rings. The van der Waals surface area contributed by atoms with E-state index in [0.717, 1.165) is 12.8 Å². The fourth-order valence-electron chi connectivity index (χ4n) is 2.58. The third kappa shape index (κ3) is 2.00. The van der Waals surface area contributed by atoms with Crippen molar-refractivity contribution in [3.63, 3.8) is 0 Å². The average Bonchev–Trinajstić information content (AvgIpc) is 3.28. The molecule has 1 aromatic rings. The molecule has 0 bridgehead atoms. The molecule has 6 nitrogen and oxygen atoms in total. The molecular weight excluding hydrogens is 256 g/mol. The van der Waals surface area contributed by atoms with Crippen LogP contribution in [-0.4, -0.2) is 23.0 Å². The molecule has 2 rings (SSSR count). The van der Waals surface area contributed by atoms with Gasteiger partial charge in [0.2, 0.25) is 0 Å². The highest BCUT2D eigenvalue weighted by atomic mass is 16.5. The molecule has 1 saturated carbocycles. The number of aromatic nitrogens is 2. The summed E-state index contributed by atoms with van der Waals surface area (Å²) >= 11 is 0. The number of aryl methyl sites for hydroxylation is 1. The number of carbonyl (C=O) groups excluding carboxylic acids is 1. The van der Waals surface area contributed by atoms with Gasteiger partial charge in [0.25, 0.3) is 0 Å². The van der Waals surface area contributed by atoms with Crippen LogP contribution in [0.15, 0.2) is 12.4 Å². The summed E-state index contributed by atoms with van der Waals surface area (Å²) in [6, 6.07) is 3.83. The van der Waals surface area contributed by atoms with Crippen molar-refractivity contribution in [3.05, 3.63) is 23.8 Å². The predicted octanol–water partition coefficient (Wildman–Crippen LogP) is 1.27. The largest absolute Gasteiger partial charge is 0.468 e. The molecule has 0 spiro atoms. The molecule has 102 valence electrons. The smallest absolute Gasteiger partial charge is 0.320 e. The van der Waals surface area contributed by atoms with Crippen molar-refractivity contribution in [2.45, 2.75) is 25.2 Å². The Balaban J connectivity index is 2.68. The van der Waals surface area contributed by atoms with Gasteiger partial charge in [-0.15, -0.1) is 0 Å². The first-order chi connectivity index (χ1) is 9.60. The Morgan fingerprint density at radius 3 is 2.55 bits per heavy atom. The van der Waals surface area contributed by atoms with Crippen LogP contribution < -0.4 is 0 Å². The number of ether oxygens (including phenoxy) is 1. The van der Waals surface area contributed by atoms with Gasteiger partial charge in [0.05, 0.1) is 30.6 Å². The first kappa shape index (κ1) is 14.0. The van der Waals surface area contributed by atoms with E-state index in [-0.39, 0.29) is 5.92 Å². The van der Waals surface area contributed by atoms with Gasteiger partial charge in [0.1, 0.15) is 5.41 Å². The molecule has 6 heteroatoms. The summed E-state index contributed by atoms with van der Waals surface area (Å²) in [6.45, 7) is 1.75. The fraction of sp³-hybridized carbons (Fsp3) is 0.500. The molecule has 1 atom stereocenters. The maximum Gasteiger partial charge on any atom is 0.320 e. The Hall–Kier alpha value is -2.47. The summed E-state index contributed by atoms with van der Waals surface area (Å²) in [4.78, 5) is 20.8. The number of carbonyl (C=O) groups is 1. The molecule has 1 aromatic heterocycles. The number of rotatable bonds is 4. The van der Waals surface area contributed by atoms with E-state index in [4.69, 9.17) is 4.74 Å². The number of methoxy groups -OCH3 is 1. The number of hydrogen-bond donors (Lipinski definition) is 0. The second kappa shape index (κ2) is 5.26. The number of nitriles is 2. The van der Waals surface area contributed by atoms with Crippen molar-refractivity contribution in [1.29, 1.82) is 10.5 Å². The van der Waals surface area contributed by atoms with Crippen molar-refractivity contribution >= 4 is 5.97 Å². The summed E-state index contributed by atoms with van der Waals surface area (Å²) in [7, 11) is 1.26. The van der Waals surface area contributed by atoms with Gasteiger partial charge in [-0.3, -0.25) is 14.8 Å². The lowest BCUT2D eigenvalue weighted by Crippen LogP contribution is -2.46. The van der Waals surface area contributed by atoms with E-state index in [9.17, 15) is 15.3 Å². The van der Waals surface area contributed by atoms with E-state index in [2.05, 4.69) is 9.97 Å². The third-order valence-corrected chi connectivity index (χ3v) is 3.64. The van der Waals surface area contributed by atoms with Gasteiger partial charge in [0.15, 0.2) is 5.92 Å². The van der Waals surface area contributed by atoms with Crippen molar-refractivity contribution in [2.24, 2.45) is 11.8 Å². The standard InChI is InChI=1S/C14H14N4O2/c1-9-7-17-8-12(18-9)14(10-3-4-10,13(19)20-2)11(5-15)6-16/h7-8,10-11H,3-4H2,1-2H3/t14-/m0/s1. The summed E-state index contributed by atoms with van der Waals surface area (Å²) < 4.78 is 4.89. The van der Waals surface area contributed by atoms with Crippen LogP contribution in [0.2, 0.25) is 0 Å². The van der Waals surface area contributed by atoms with Crippen molar-refractivity contribution < 1.29 is 9.53 Å². The Kier molecular flexibility index (Phi) is 3.67. The maximum absolute atomic E-state index is 12.4. The van der Waals surface area contributed by atoms with E-state index < -0.39 is 17.3 Å². The molecule has 1 heterocycles. The van der Waals surface area contributed by atoms with Gasteiger partial charge >= 0.3 is 5.97 Å². The molecule has 0 N–H and O–H groups in total. The van der Waals surface area contributed by atoms with E-state index in [1.165, 1.54) is 13.3 Å². The molecule has 20 heavy (non-hydrogen) atoms. The highest BCUT2D eigenvalue weighted by Crippen LogP contribution is 2.51. The van der Waals surface area contributed by atoms with Crippen LogP contribution >= 0.6 is 0 Å². The van der Waals surface area contributed by atoms with Gasteiger partial charge < -0.3 is 4.74 Å². The van der Waals surface area contributed by atoms with E-state index in [0.29, 0.717) is 11.4 Å². The third-order valence-electron chi connectivity index (χ3n) is 3.64. The summed E-state index contributed by atoms with van der Waals surface area (Å²) in [5.74, 6) is -1.83. The van der Waals surface area contributed by atoms with E-state index >= 15 is 0 Å². The first-order valence-electron chi connectivity index (χ1n) is 6.28. The Morgan fingerprint density at radius 2 is 2.10 bits per heavy atom. The molecule has 0 amide bonds. The van der Waals surface area contributed by atoms with Crippen LogP contribution in [0.25, 0.3) is 0 Å². The van der Waals surface area contributed by atoms with E-state index in [1.807, 2.05) is 12.1 Å². The summed E-state index contributed by atoms with van der Waals surface area (Å²) in [6.07, 6.45) is 4.55. The Labute approximate surface area is 117 Å². The van der Waals surface area contributed by atoms with Crippen LogP contribution in [0.1, 0.15) is 24.2 Å². The van der Waals surface area contributed by atoms with Gasteiger partial charge in [-0.05, 0) is 25.7 Å². The predicted molar refractivity (Wildman–Crippen MR) is 67.9 cm³/mol. The first-order valence-corrected chi connectivity index (χ1v) is 6.28. The van der Waals surface area contributed by atoms with Crippen LogP contribution in [0.3, 0.4) is 0 Å². The van der Waals surface area contributed by atoms with Gasteiger partial charge in [-0.25, -0.2) is 0 Å². The number of nitrogens with zero attached hydrogens (tertiary/aromatic N) is 4. The minimum absolute atomic E-state index is 0.102. The maximum atomic E-state index is 12.4. The quantitative estimate of drug-likeness (QED) is 0.764. The molecule has 0 aromatic carbocycles. The SMILES string of the molecule is COC(=O)[C@](c1cncc(C)n1)(C(C#N)C#N)C1CC1. The number of esters is 1. The highest BCUT2D eigenvalue weighted by Gasteiger charge is 2.60. The second-order valence-corrected chi connectivity index (χ2v) is 4.87.